The van der Waals surface area contributed by atoms with Crippen molar-refractivity contribution in [2.24, 2.45) is 11.5 Å². The van der Waals surface area contributed by atoms with E-state index in [1.165, 1.54) is 130 Å². The van der Waals surface area contributed by atoms with Gasteiger partial charge in [0.1, 0.15) is 44.9 Å². The Morgan fingerprint density at radius 2 is 0.887 bits per heavy atom. The van der Waals surface area contributed by atoms with Crippen LogP contribution in [0.4, 0.5) is 70.5 Å². The van der Waals surface area contributed by atoms with Crippen LogP contribution in [0.1, 0.15) is 57.2 Å². The summed E-state index contributed by atoms with van der Waals surface area (Å²) in [6.07, 6.45) is -0.0313. The molecule has 6 aromatic rings. The predicted octanol–water partition coefficient (Wildman–Crippen LogP) is 9.68. The summed E-state index contributed by atoms with van der Waals surface area (Å²) in [5.74, 6) is -9.41. The van der Waals surface area contributed by atoms with Crippen LogP contribution in [0.3, 0.4) is 0 Å². The first kappa shape index (κ1) is 96.9. The molecule has 3 unspecified atom stereocenters. The molecule has 3 heterocycles. The standard InChI is InChI=1S/C22H21F2N3O7.2C14H16F2N2O4.C7H4ClNO4.C7H4F2O.C6H10O4.CH4N2O/c1-32-12-19-16(11-34-33-2)21(14-5-8-17(23)18(24)10-14)26(22(29)25-19)20(28)9-13-3-6-15(7-4-13)27(30)31;2*1-20-7-12-9(6-22-21-2)13(18-14(19)17-12)8-3-4-10(15)11(16)5-8;8-7(10)13-6-3-1-5(2-4-6)9(11)12;8-6-2-1-5(4-10)3-7(6)9;1-9-4-5(7)3-6(8)10-2;2-1(3)4/h3-8,10,21H,9,11-12H2,1-2H3,(H,25,29);2*3-5,13H,6-7H2,1-2H3,(H2,17,18,19);1-4H;1-4H;3-4H2,1-2H3;(H4,2,3,4). The smallest absolute Gasteiger partial charge is 0.409 e. The van der Waals surface area contributed by atoms with Crippen molar-refractivity contribution in [1.82, 2.24) is 31.5 Å². The molecule has 0 fully saturated rings. The van der Waals surface area contributed by atoms with Gasteiger partial charge >= 0.3 is 35.5 Å². The van der Waals surface area contributed by atoms with Gasteiger partial charge in [-0.3, -0.25) is 44.3 Å². The van der Waals surface area contributed by atoms with E-state index in [9.17, 15) is 93.7 Å². The van der Waals surface area contributed by atoms with Gasteiger partial charge in [-0.15, -0.1) is 0 Å². The number of nitrogens with zero attached hydrogens (tertiary/aromatic N) is 3. The van der Waals surface area contributed by atoms with E-state index in [4.69, 9.17) is 45.3 Å². The van der Waals surface area contributed by atoms with Crippen molar-refractivity contribution in [2.45, 2.75) is 31.0 Å². The van der Waals surface area contributed by atoms with Crippen LogP contribution < -0.4 is 42.8 Å². The van der Waals surface area contributed by atoms with Crippen molar-refractivity contribution in [2.75, 3.05) is 103 Å². The van der Waals surface area contributed by atoms with Gasteiger partial charge in [-0.1, -0.05) is 30.3 Å². The zero-order valence-corrected chi connectivity index (χ0v) is 62.6. The largest absolute Gasteiger partial charge is 0.469 e. The number of methoxy groups -OCH3 is 5. The first-order valence-electron chi connectivity index (χ1n) is 32.3. The van der Waals surface area contributed by atoms with Crippen molar-refractivity contribution in [3.8, 4) is 5.75 Å². The summed E-state index contributed by atoms with van der Waals surface area (Å²) >= 11 is 4.92. The minimum absolute atomic E-state index is 0.0200. The number of halogens is 9. The van der Waals surface area contributed by atoms with Gasteiger partial charge in [-0.25, -0.2) is 88.4 Å². The van der Waals surface area contributed by atoms with Crippen molar-refractivity contribution in [3.05, 3.63) is 250 Å². The third-order valence-corrected chi connectivity index (χ3v) is 14.7. The van der Waals surface area contributed by atoms with Gasteiger partial charge in [0.05, 0.1) is 82.7 Å². The summed E-state index contributed by atoms with van der Waals surface area (Å²) in [5, 5.41) is 34.1. The molecule has 3 aliphatic rings. The Morgan fingerprint density at radius 1 is 0.504 bits per heavy atom. The van der Waals surface area contributed by atoms with Crippen LogP contribution in [0.2, 0.25) is 0 Å². The van der Waals surface area contributed by atoms with Gasteiger partial charge in [-0.2, -0.15) is 0 Å². The van der Waals surface area contributed by atoms with Crippen LogP contribution in [0.5, 0.6) is 5.75 Å². The first-order valence-corrected chi connectivity index (χ1v) is 32.6. The number of aldehydes is 1. The maximum Gasteiger partial charge on any atom is 0.409 e. The third-order valence-electron chi connectivity index (χ3n) is 14.7. The summed E-state index contributed by atoms with van der Waals surface area (Å²) in [7, 11) is 10.9. The summed E-state index contributed by atoms with van der Waals surface area (Å²) in [4.78, 5) is 149. The zero-order chi connectivity index (χ0) is 86.0. The Hall–Kier alpha value is -12.3. The number of amides is 9. The number of imide groups is 1. The molecule has 0 aromatic heterocycles. The summed E-state index contributed by atoms with van der Waals surface area (Å²) in [6, 6.07) is 18.1. The number of nitrogens with one attached hydrogen (secondary N) is 5. The summed E-state index contributed by atoms with van der Waals surface area (Å²) in [6.45, 7) is -0.00145. The number of carbonyl (C=O) groups excluding carboxylic acids is 9. The fraction of sp³-hybridized carbons (Fsp3) is 0.282. The molecular formula is C71H75ClF8N10O25. The number of nitrogens with two attached hydrogens (primary N) is 2. The first-order chi connectivity index (χ1) is 54.6. The number of Topliss-reactive ketones (excluding diaryl/α,β-unsaturated/α-hetero) is 1. The second-order valence-electron chi connectivity index (χ2n) is 22.4. The molecule has 44 heteroatoms. The molecule has 0 radical (unpaired) electrons. The number of non-ortho nitro benzene ring substituents is 2. The number of ether oxygens (including phenoxy) is 6. The van der Waals surface area contributed by atoms with E-state index in [0.29, 0.717) is 51.1 Å². The van der Waals surface area contributed by atoms with E-state index in [1.807, 2.05) is 0 Å². The molecule has 35 nitrogen and oxygen atoms in total. The molecular weight excluding hydrogens is 1580 g/mol. The van der Waals surface area contributed by atoms with E-state index in [1.54, 1.807) is 0 Å². The molecule has 9 amide bonds. The molecule has 0 aliphatic carbocycles. The molecule has 0 spiro atoms. The Bertz CT molecular complexity index is 4350. The SMILES string of the molecule is COCC(=O)CC(=O)OC.COCC1=C(COOC)C(c2ccc(F)c(F)c2)N(C(=O)Cc2ccc([N+](=O)[O-])cc2)C(=O)N1.COCC1=C(COOC)C(c2ccc(F)c(F)c2)NC(=O)N1.COCC1=C(COOC)C(c2ccc(F)c(F)c2)NC(=O)N1.NC(N)=O.O=C(Cl)Oc1ccc([N+](=O)[O-])cc1.O=Cc1ccc(F)c(F)c1. The van der Waals surface area contributed by atoms with Crippen LogP contribution in [0.15, 0.2) is 155 Å². The molecule has 0 saturated heterocycles. The van der Waals surface area contributed by atoms with E-state index < -0.39 is 116 Å². The molecule has 6 aromatic carbocycles. The average Bonchev–Trinajstić information content (AvgIpc) is 0.771. The van der Waals surface area contributed by atoms with E-state index in [2.05, 4.69) is 66.9 Å². The van der Waals surface area contributed by atoms with E-state index in [-0.39, 0.29) is 98.8 Å². The number of carbonyl (C=O) groups is 9. The maximum atomic E-state index is 14.1. The van der Waals surface area contributed by atoms with Crippen molar-refractivity contribution in [3.63, 3.8) is 0 Å². The molecule has 9 N–H and O–H groups in total. The van der Waals surface area contributed by atoms with Gasteiger partial charge in [-0.05, 0) is 89.0 Å². The summed E-state index contributed by atoms with van der Waals surface area (Å²) in [5.41, 5.74) is 11.5. The van der Waals surface area contributed by atoms with E-state index >= 15 is 0 Å². The third kappa shape index (κ3) is 32.7. The number of urea groups is 4. The molecule has 115 heavy (non-hydrogen) atoms. The number of nitro groups is 2. The van der Waals surface area contributed by atoms with Crippen molar-refractivity contribution < 1.29 is 146 Å². The molecule has 9 rings (SSSR count). The highest BCUT2D eigenvalue weighted by Gasteiger charge is 2.40. The maximum absolute atomic E-state index is 14.1. The Labute approximate surface area is 652 Å². The number of ketones is 1. The molecule has 0 saturated carbocycles. The normalized spacial score (nSPS) is 14.5. The highest BCUT2D eigenvalue weighted by molar-refractivity contribution is 6.61. The Kier molecular flexibility index (Phi) is 42.7. The van der Waals surface area contributed by atoms with Crippen LogP contribution in [0, 0.1) is 66.8 Å². The van der Waals surface area contributed by atoms with Crippen LogP contribution >= 0.6 is 11.6 Å². The van der Waals surface area contributed by atoms with E-state index in [0.717, 1.165) is 53.4 Å². The quantitative estimate of drug-likeness (QED) is 0.00351. The van der Waals surface area contributed by atoms with Gasteiger partial charge in [0.25, 0.3) is 11.4 Å². The van der Waals surface area contributed by atoms with Crippen LogP contribution in [0.25, 0.3) is 0 Å². The van der Waals surface area contributed by atoms with Gasteiger partial charge in [0.2, 0.25) is 5.91 Å². The fourth-order valence-corrected chi connectivity index (χ4v) is 9.78. The lowest BCUT2D eigenvalue weighted by atomic mass is 9.93. The Morgan fingerprint density at radius 3 is 1.25 bits per heavy atom. The number of hydrogen-bond donors (Lipinski definition) is 7. The Balaban J connectivity index is 0.000000373. The topological polar surface area (TPSA) is 466 Å². The van der Waals surface area contributed by atoms with Crippen molar-refractivity contribution in [1.29, 1.82) is 0 Å². The number of hydrogen-bond acceptors (Lipinski definition) is 25. The summed E-state index contributed by atoms with van der Waals surface area (Å²) < 4.78 is 134. The number of esters is 1. The predicted molar refractivity (Wildman–Crippen MR) is 382 cm³/mol. The second-order valence-corrected chi connectivity index (χ2v) is 22.7. The van der Waals surface area contributed by atoms with Gasteiger partial charge < -0.3 is 66.5 Å². The number of rotatable bonds is 28. The molecule has 3 atom stereocenters. The number of nitro benzene ring substituents is 2. The monoisotopic (exact) mass is 1650 g/mol. The van der Waals surface area contributed by atoms with Crippen LogP contribution in [-0.2, 0) is 73.8 Å². The van der Waals surface area contributed by atoms with Crippen LogP contribution in [-0.4, -0.2) is 171 Å². The second kappa shape index (κ2) is 50.6. The van der Waals surface area contributed by atoms with Gasteiger partial charge in [0.15, 0.2) is 52.3 Å². The van der Waals surface area contributed by atoms with Gasteiger partial charge in [0, 0.05) is 104 Å². The molecule has 0 bridgehead atoms. The lowest BCUT2D eigenvalue weighted by Crippen LogP contribution is -2.52. The minimum Gasteiger partial charge on any atom is -0.469 e. The lowest BCUT2D eigenvalue weighted by Gasteiger charge is -2.37. The highest BCUT2D eigenvalue weighted by Crippen LogP contribution is 2.36. The fourth-order valence-electron chi connectivity index (χ4n) is 9.69. The average molecular weight is 1660 g/mol. The zero-order valence-electron chi connectivity index (χ0n) is 61.8. The van der Waals surface area contributed by atoms with Crippen molar-refractivity contribution >= 4 is 76.5 Å². The molecule has 622 valence electrons. The minimum atomic E-state index is -1.16. The number of primary amides is 2. The number of benzene rings is 6. The lowest BCUT2D eigenvalue weighted by molar-refractivity contribution is -0.385. The molecule has 3 aliphatic heterocycles. The highest BCUT2D eigenvalue weighted by atomic mass is 35.5.